The summed E-state index contributed by atoms with van der Waals surface area (Å²) in [5, 5.41) is 0. The topological polar surface area (TPSA) is 38.9 Å². The number of aromatic nitrogens is 2. The molecule has 3 nitrogen and oxygen atoms in total. The van der Waals surface area contributed by atoms with E-state index in [9.17, 15) is 0 Å². The van der Waals surface area contributed by atoms with Crippen LogP contribution in [0.25, 0.3) is 11.1 Å². The van der Waals surface area contributed by atoms with Crippen molar-refractivity contribution in [3.05, 3.63) is 24.4 Å². The number of fused-ring (bicyclic) bond motifs is 1. The van der Waals surface area contributed by atoms with Gasteiger partial charge < -0.3 is 4.42 Å². The van der Waals surface area contributed by atoms with Gasteiger partial charge in [0.05, 0.1) is 5.69 Å². The zero-order chi connectivity index (χ0) is 6.97. The first-order valence-electron chi connectivity index (χ1n) is 3.03. The predicted octanol–water partition coefficient (Wildman–Crippen LogP) is 1.53. The van der Waals surface area contributed by atoms with Gasteiger partial charge in [0, 0.05) is 6.20 Å². The van der Waals surface area contributed by atoms with Crippen LogP contribution in [0, 0.1) is 6.92 Å². The standard InChI is InChI=1S/C7H6N2O/c1-5-7-6(2-3-8-5)9-4-10-7/h2-4H,1H3. The van der Waals surface area contributed by atoms with E-state index in [0.29, 0.717) is 0 Å². The van der Waals surface area contributed by atoms with E-state index in [1.807, 2.05) is 13.0 Å². The molecule has 0 aliphatic rings. The van der Waals surface area contributed by atoms with Crippen LogP contribution in [0.4, 0.5) is 0 Å². The zero-order valence-electron chi connectivity index (χ0n) is 5.53. The smallest absolute Gasteiger partial charge is 0.182 e. The SMILES string of the molecule is Cc1nccc2ncoc12. The third kappa shape index (κ3) is 0.603. The van der Waals surface area contributed by atoms with E-state index < -0.39 is 0 Å². The van der Waals surface area contributed by atoms with Gasteiger partial charge in [0.15, 0.2) is 12.0 Å². The number of aryl methyl sites for hydroxylation is 1. The van der Waals surface area contributed by atoms with Crippen molar-refractivity contribution in [1.29, 1.82) is 0 Å². The molecule has 50 valence electrons. The number of nitrogens with zero attached hydrogens (tertiary/aromatic N) is 2. The fraction of sp³-hybridized carbons (Fsp3) is 0.143. The molecule has 0 radical (unpaired) electrons. The van der Waals surface area contributed by atoms with Gasteiger partial charge in [-0.05, 0) is 13.0 Å². The fourth-order valence-corrected chi connectivity index (χ4v) is 0.922. The van der Waals surface area contributed by atoms with E-state index in [0.717, 1.165) is 16.8 Å². The molecule has 3 heteroatoms. The first-order valence-corrected chi connectivity index (χ1v) is 3.03. The van der Waals surface area contributed by atoms with Crippen molar-refractivity contribution in [3.63, 3.8) is 0 Å². The molecule has 0 aliphatic heterocycles. The number of oxazole rings is 1. The molecule has 10 heavy (non-hydrogen) atoms. The number of pyridine rings is 1. The average molecular weight is 134 g/mol. The molecule has 0 bridgehead atoms. The van der Waals surface area contributed by atoms with Crippen LogP contribution in [0.5, 0.6) is 0 Å². The summed E-state index contributed by atoms with van der Waals surface area (Å²) in [5.74, 6) is 0. The van der Waals surface area contributed by atoms with Crippen LogP contribution in [0.15, 0.2) is 23.1 Å². The molecular formula is C7H6N2O. The maximum absolute atomic E-state index is 5.08. The Hall–Kier alpha value is -1.38. The third-order valence-corrected chi connectivity index (χ3v) is 1.42. The van der Waals surface area contributed by atoms with Gasteiger partial charge in [0.25, 0.3) is 0 Å². The van der Waals surface area contributed by atoms with E-state index in [2.05, 4.69) is 9.97 Å². The largest absolute Gasteiger partial charge is 0.442 e. The van der Waals surface area contributed by atoms with Crippen molar-refractivity contribution < 1.29 is 4.42 Å². The van der Waals surface area contributed by atoms with Crippen molar-refractivity contribution in [3.8, 4) is 0 Å². The Bertz CT molecular complexity index is 353. The Balaban J connectivity index is 2.95. The highest BCUT2D eigenvalue weighted by Crippen LogP contribution is 2.12. The van der Waals surface area contributed by atoms with Crippen molar-refractivity contribution in [2.24, 2.45) is 0 Å². The first kappa shape index (κ1) is 5.41. The molecule has 0 aliphatic carbocycles. The minimum Gasteiger partial charge on any atom is -0.442 e. The molecule has 2 aromatic rings. The molecule has 0 unspecified atom stereocenters. The second-order valence-corrected chi connectivity index (χ2v) is 2.10. The van der Waals surface area contributed by atoms with Gasteiger partial charge >= 0.3 is 0 Å². The molecule has 2 aromatic heterocycles. The number of hydrogen-bond donors (Lipinski definition) is 0. The van der Waals surface area contributed by atoms with Crippen LogP contribution in [0.2, 0.25) is 0 Å². The summed E-state index contributed by atoms with van der Waals surface area (Å²) in [6.07, 6.45) is 3.15. The fourth-order valence-electron chi connectivity index (χ4n) is 0.922. The lowest BCUT2D eigenvalue weighted by Gasteiger charge is -1.88. The van der Waals surface area contributed by atoms with Gasteiger partial charge in [0.2, 0.25) is 0 Å². The minimum absolute atomic E-state index is 0.780. The molecule has 0 saturated heterocycles. The van der Waals surface area contributed by atoms with Gasteiger partial charge in [-0.25, -0.2) is 4.98 Å². The van der Waals surface area contributed by atoms with Gasteiger partial charge in [-0.1, -0.05) is 0 Å². The third-order valence-electron chi connectivity index (χ3n) is 1.42. The second kappa shape index (κ2) is 1.80. The first-order chi connectivity index (χ1) is 4.88. The summed E-state index contributed by atoms with van der Waals surface area (Å²) >= 11 is 0. The summed E-state index contributed by atoms with van der Waals surface area (Å²) < 4.78 is 5.08. The summed E-state index contributed by atoms with van der Waals surface area (Å²) in [6.45, 7) is 1.90. The van der Waals surface area contributed by atoms with E-state index in [1.54, 1.807) is 6.20 Å². The lowest BCUT2D eigenvalue weighted by Crippen LogP contribution is -1.78. The van der Waals surface area contributed by atoms with Crippen molar-refractivity contribution in [1.82, 2.24) is 9.97 Å². The Morgan fingerprint density at radius 1 is 1.40 bits per heavy atom. The van der Waals surface area contributed by atoms with Crippen LogP contribution in [0.1, 0.15) is 5.69 Å². The van der Waals surface area contributed by atoms with E-state index in [1.165, 1.54) is 6.39 Å². The Kier molecular flexibility index (Phi) is 0.974. The number of hydrogen-bond acceptors (Lipinski definition) is 3. The monoisotopic (exact) mass is 134 g/mol. The van der Waals surface area contributed by atoms with Crippen LogP contribution in [-0.2, 0) is 0 Å². The normalized spacial score (nSPS) is 10.5. The lowest BCUT2D eigenvalue weighted by molar-refractivity contribution is 0.598. The van der Waals surface area contributed by atoms with Crippen LogP contribution in [-0.4, -0.2) is 9.97 Å². The van der Waals surface area contributed by atoms with Gasteiger partial charge in [-0.15, -0.1) is 0 Å². The molecule has 0 fully saturated rings. The highest BCUT2D eigenvalue weighted by molar-refractivity contribution is 5.73. The van der Waals surface area contributed by atoms with Crippen LogP contribution >= 0.6 is 0 Å². The molecule has 2 heterocycles. The van der Waals surface area contributed by atoms with Crippen molar-refractivity contribution in [2.75, 3.05) is 0 Å². The summed E-state index contributed by atoms with van der Waals surface area (Å²) in [4.78, 5) is 8.02. The van der Waals surface area contributed by atoms with Crippen LogP contribution < -0.4 is 0 Å². The molecule has 0 amide bonds. The quantitative estimate of drug-likeness (QED) is 0.548. The minimum atomic E-state index is 0.780. The highest BCUT2D eigenvalue weighted by atomic mass is 16.3. The Morgan fingerprint density at radius 3 is 3.10 bits per heavy atom. The molecule has 2 rings (SSSR count). The van der Waals surface area contributed by atoms with Crippen molar-refractivity contribution >= 4 is 11.1 Å². The summed E-state index contributed by atoms with van der Waals surface area (Å²) in [6, 6.07) is 1.83. The predicted molar refractivity (Wildman–Crippen MR) is 36.5 cm³/mol. The van der Waals surface area contributed by atoms with Crippen LogP contribution in [0.3, 0.4) is 0 Å². The van der Waals surface area contributed by atoms with E-state index in [4.69, 9.17) is 4.42 Å². The Morgan fingerprint density at radius 2 is 2.30 bits per heavy atom. The molecule has 0 spiro atoms. The van der Waals surface area contributed by atoms with Crippen molar-refractivity contribution in [2.45, 2.75) is 6.92 Å². The average Bonchev–Trinajstić information content (AvgIpc) is 2.36. The number of rotatable bonds is 0. The lowest BCUT2D eigenvalue weighted by atomic mass is 10.3. The van der Waals surface area contributed by atoms with Gasteiger partial charge in [-0.2, -0.15) is 0 Å². The molecule has 0 atom stereocenters. The van der Waals surface area contributed by atoms with E-state index >= 15 is 0 Å². The molecule has 0 N–H and O–H groups in total. The summed E-state index contributed by atoms with van der Waals surface area (Å²) in [5.41, 5.74) is 2.53. The summed E-state index contributed by atoms with van der Waals surface area (Å²) in [7, 11) is 0. The maximum Gasteiger partial charge on any atom is 0.182 e. The molecular weight excluding hydrogens is 128 g/mol. The highest BCUT2D eigenvalue weighted by Gasteiger charge is 1.99. The second-order valence-electron chi connectivity index (χ2n) is 2.10. The Labute approximate surface area is 57.7 Å². The van der Waals surface area contributed by atoms with E-state index in [-0.39, 0.29) is 0 Å². The van der Waals surface area contributed by atoms with Gasteiger partial charge in [-0.3, -0.25) is 4.98 Å². The van der Waals surface area contributed by atoms with Gasteiger partial charge in [0.1, 0.15) is 5.52 Å². The zero-order valence-corrected chi connectivity index (χ0v) is 5.53. The maximum atomic E-state index is 5.08. The molecule has 0 saturated carbocycles. The molecule has 0 aromatic carbocycles.